The third kappa shape index (κ3) is 1.34. The molecular weight excluding hydrogens is 162 g/mol. The van der Waals surface area contributed by atoms with Gasteiger partial charge in [-0.15, -0.1) is 5.10 Å². The molecule has 1 aliphatic heterocycles. The third-order valence-corrected chi connectivity index (χ3v) is 2.04. The van der Waals surface area contributed by atoms with Gasteiger partial charge in [0.2, 0.25) is 5.89 Å². The van der Waals surface area contributed by atoms with Gasteiger partial charge in [0, 0.05) is 6.54 Å². The Morgan fingerprint density at radius 2 is 2.55 bits per heavy atom. The molecule has 1 fully saturated rings. The Morgan fingerprint density at radius 3 is 3.09 bits per heavy atom. The average molecular weight is 171 g/mol. The number of hydrogen-bond donors (Lipinski definition) is 2. The summed E-state index contributed by atoms with van der Waals surface area (Å²) in [6.07, 6.45) is 1.09. The maximum Gasteiger partial charge on any atom is 0.284 e. The quantitative estimate of drug-likeness (QED) is 0.614. The predicted molar refractivity (Wildman–Crippen MR) is 41.9 cm³/mol. The minimum absolute atomic E-state index is 0.368. The van der Waals surface area contributed by atoms with Gasteiger partial charge in [-0.2, -0.15) is 0 Å². The van der Waals surface area contributed by atoms with Crippen LogP contribution in [0, 0.1) is 4.84 Å². The molecule has 2 N–H and O–H groups in total. The van der Waals surface area contributed by atoms with Crippen molar-refractivity contribution in [3.05, 3.63) is 10.7 Å². The maximum atomic E-state index is 5.18. The maximum absolute atomic E-state index is 5.18. The first kappa shape index (κ1) is 7.00. The zero-order valence-electron chi connectivity index (χ0n) is 5.96. The highest BCUT2D eigenvalue weighted by Crippen LogP contribution is 2.19. The van der Waals surface area contributed by atoms with Gasteiger partial charge in [-0.05, 0) is 25.2 Å². The monoisotopic (exact) mass is 171 g/mol. The minimum atomic E-state index is 0.368. The summed E-state index contributed by atoms with van der Waals surface area (Å²) in [5.74, 6) is 1.14. The topological polar surface area (TPSA) is 53.9 Å². The summed E-state index contributed by atoms with van der Waals surface area (Å²) >= 11 is 4.76. The Labute approximate surface area is 69.0 Å². The molecule has 1 aromatic heterocycles. The first-order valence-electron chi connectivity index (χ1n) is 3.62. The van der Waals surface area contributed by atoms with Crippen LogP contribution in [0.3, 0.4) is 0 Å². The van der Waals surface area contributed by atoms with E-state index in [2.05, 4.69) is 15.5 Å². The molecule has 11 heavy (non-hydrogen) atoms. The molecule has 0 bridgehead atoms. The minimum Gasteiger partial charge on any atom is -0.414 e. The molecule has 4 nitrogen and oxygen atoms in total. The van der Waals surface area contributed by atoms with E-state index in [0.29, 0.717) is 10.8 Å². The van der Waals surface area contributed by atoms with Gasteiger partial charge in [-0.1, -0.05) is 0 Å². The lowest BCUT2D eigenvalue weighted by atomic mass is 10.1. The Kier molecular flexibility index (Phi) is 1.75. The summed E-state index contributed by atoms with van der Waals surface area (Å²) in [6, 6.07) is 0. The zero-order chi connectivity index (χ0) is 7.68. The van der Waals surface area contributed by atoms with Crippen molar-refractivity contribution in [2.24, 2.45) is 0 Å². The van der Waals surface area contributed by atoms with E-state index in [1.54, 1.807) is 0 Å². The van der Waals surface area contributed by atoms with Crippen LogP contribution in [0.2, 0.25) is 0 Å². The fourth-order valence-corrected chi connectivity index (χ4v) is 1.41. The Hall–Kier alpha value is -0.680. The van der Waals surface area contributed by atoms with Crippen molar-refractivity contribution in [2.75, 3.05) is 13.1 Å². The molecule has 1 unspecified atom stereocenters. The van der Waals surface area contributed by atoms with Crippen LogP contribution in [-0.4, -0.2) is 23.3 Å². The number of rotatable bonds is 1. The lowest BCUT2D eigenvalue weighted by Crippen LogP contribution is -2.08. The van der Waals surface area contributed by atoms with Crippen molar-refractivity contribution in [3.8, 4) is 0 Å². The third-order valence-electron chi connectivity index (χ3n) is 1.86. The molecule has 1 saturated heterocycles. The van der Waals surface area contributed by atoms with Crippen LogP contribution < -0.4 is 5.32 Å². The van der Waals surface area contributed by atoms with Crippen LogP contribution in [0.4, 0.5) is 0 Å². The fourth-order valence-electron chi connectivity index (χ4n) is 1.28. The number of hydrogen-bond acceptors (Lipinski definition) is 4. The fraction of sp³-hybridized carbons (Fsp3) is 0.667. The van der Waals surface area contributed by atoms with Crippen LogP contribution in [-0.2, 0) is 0 Å². The van der Waals surface area contributed by atoms with Gasteiger partial charge in [-0.3, -0.25) is 0 Å². The van der Waals surface area contributed by atoms with Gasteiger partial charge in [0.05, 0.1) is 5.92 Å². The molecule has 60 valence electrons. The second-order valence-corrected chi connectivity index (χ2v) is 3.01. The highest BCUT2D eigenvalue weighted by molar-refractivity contribution is 7.71. The van der Waals surface area contributed by atoms with E-state index in [9.17, 15) is 0 Å². The largest absolute Gasteiger partial charge is 0.414 e. The first-order chi connectivity index (χ1) is 5.36. The summed E-state index contributed by atoms with van der Waals surface area (Å²) in [6.45, 7) is 1.99. The standard InChI is InChI=1S/C6H9N3OS/c11-6-9-8-5(10-6)4-1-2-7-3-4/h4,7H,1-3H2,(H,9,11). The van der Waals surface area contributed by atoms with Gasteiger partial charge < -0.3 is 9.73 Å². The molecular formula is C6H9N3OS. The molecule has 5 heteroatoms. The predicted octanol–water partition coefficient (Wildman–Crippen LogP) is 0.809. The molecule has 0 aromatic carbocycles. The van der Waals surface area contributed by atoms with Crippen molar-refractivity contribution < 1.29 is 4.42 Å². The van der Waals surface area contributed by atoms with Gasteiger partial charge >= 0.3 is 0 Å². The Morgan fingerprint density at radius 1 is 1.64 bits per heavy atom. The Balaban J connectivity index is 2.21. The Bertz CT molecular complexity index is 286. The van der Waals surface area contributed by atoms with Gasteiger partial charge in [0.15, 0.2) is 0 Å². The van der Waals surface area contributed by atoms with Crippen LogP contribution in [0.1, 0.15) is 18.2 Å². The van der Waals surface area contributed by atoms with Crippen molar-refractivity contribution in [2.45, 2.75) is 12.3 Å². The van der Waals surface area contributed by atoms with Crippen LogP contribution in [0.25, 0.3) is 0 Å². The van der Waals surface area contributed by atoms with Crippen molar-refractivity contribution >= 4 is 12.2 Å². The van der Waals surface area contributed by atoms with E-state index in [1.807, 2.05) is 0 Å². The van der Waals surface area contributed by atoms with Crippen LogP contribution >= 0.6 is 12.2 Å². The smallest absolute Gasteiger partial charge is 0.284 e. The molecule has 1 aromatic rings. The van der Waals surface area contributed by atoms with E-state index in [4.69, 9.17) is 16.6 Å². The summed E-state index contributed by atoms with van der Waals surface area (Å²) < 4.78 is 5.18. The van der Waals surface area contributed by atoms with Gasteiger partial charge in [0.25, 0.3) is 4.84 Å². The molecule has 1 atom stereocenters. The molecule has 2 heterocycles. The molecule has 1 aliphatic rings. The number of aromatic amines is 1. The summed E-state index contributed by atoms with van der Waals surface area (Å²) in [5.41, 5.74) is 0. The summed E-state index contributed by atoms with van der Waals surface area (Å²) in [5, 5.41) is 9.81. The van der Waals surface area contributed by atoms with E-state index in [0.717, 1.165) is 25.4 Å². The van der Waals surface area contributed by atoms with E-state index < -0.39 is 0 Å². The number of H-pyrrole nitrogens is 1. The van der Waals surface area contributed by atoms with E-state index >= 15 is 0 Å². The highest BCUT2D eigenvalue weighted by atomic mass is 32.1. The van der Waals surface area contributed by atoms with Crippen LogP contribution in [0.15, 0.2) is 4.42 Å². The number of nitrogens with one attached hydrogen (secondary N) is 2. The van der Waals surface area contributed by atoms with Crippen molar-refractivity contribution in [3.63, 3.8) is 0 Å². The second-order valence-electron chi connectivity index (χ2n) is 2.64. The highest BCUT2D eigenvalue weighted by Gasteiger charge is 2.20. The second kappa shape index (κ2) is 2.75. The van der Waals surface area contributed by atoms with Gasteiger partial charge in [0.1, 0.15) is 0 Å². The number of nitrogens with zero attached hydrogens (tertiary/aromatic N) is 1. The zero-order valence-corrected chi connectivity index (χ0v) is 6.78. The molecule has 0 amide bonds. The van der Waals surface area contributed by atoms with E-state index in [-0.39, 0.29) is 0 Å². The lowest BCUT2D eigenvalue weighted by molar-refractivity contribution is 0.447. The van der Waals surface area contributed by atoms with Crippen molar-refractivity contribution in [1.29, 1.82) is 0 Å². The van der Waals surface area contributed by atoms with Gasteiger partial charge in [-0.25, -0.2) is 5.10 Å². The molecule has 0 saturated carbocycles. The van der Waals surface area contributed by atoms with Crippen LogP contribution in [0.5, 0.6) is 0 Å². The molecule has 0 aliphatic carbocycles. The lowest BCUT2D eigenvalue weighted by Gasteiger charge is -1.98. The number of aromatic nitrogens is 2. The van der Waals surface area contributed by atoms with E-state index in [1.165, 1.54) is 0 Å². The normalized spacial score (nSPS) is 24.2. The SMILES string of the molecule is S=c1[nH]nc(C2CCNC2)o1. The molecule has 0 spiro atoms. The first-order valence-corrected chi connectivity index (χ1v) is 4.03. The summed E-state index contributed by atoms with van der Waals surface area (Å²) in [7, 11) is 0. The summed E-state index contributed by atoms with van der Waals surface area (Å²) in [4.78, 5) is 0.368. The molecule has 0 radical (unpaired) electrons. The average Bonchev–Trinajstić information content (AvgIpc) is 2.55. The molecule has 2 rings (SSSR count). The van der Waals surface area contributed by atoms with Crippen molar-refractivity contribution in [1.82, 2.24) is 15.5 Å².